The third-order valence-corrected chi connectivity index (χ3v) is 19.3. The van der Waals surface area contributed by atoms with Crippen molar-refractivity contribution in [1.82, 2.24) is 30.0 Å². The molecule has 2 atom stereocenters. The fraction of sp³-hybridized carbons (Fsp3) is 0.155. The average Bonchev–Trinajstić information content (AvgIpc) is 0.962. The molecule has 2 N–H and O–H groups in total. The molecule has 3 amide bonds. The molecule has 8 aromatic carbocycles. The average molecular weight is 1270 g/mol. The number of amides is 3. The van der Waals surface area contributed by atoms with Crippen molar-refractivity contribution in [1.29, 1.82) is 0 Å². The first-order chi connectivity index (χ1) is 43.9. The summed E-state index contributed by atoms with van der Waals surface area (Å²) in [6.07, 6.45) is 0.180. The van der Waals surface area contributed by atoms with E-state index in [-0.39, 0.29) is 28.0 Å². The molecule has 0 spiro atoms. The van der Waals surface area contributed by atoms with E-state index in [9.17, 15) is 4.79 Å². The van der Waals surface area contributed by atoms with Gasteiger partial charge in [-0.25, -0.2) is 24.2 Å². The standard InChI is InChI=1S/C71H60N8O7S4/c1-69(2,3)85-68(83)75-67-73-56(44-88-67)58(77-86-71(53-38-22-9-23-39-53,54-40-24-10-25-41-54)55-42-26-11-27-43-55)62(80)74-59-63(81)79-60(65(82)84-61(48-28-12-4-13-29-48)49-30-14-5-15-31-49)57(45-87-64(59)79)89-47-90-66-72-46-78(76-66)70(50-32-16-6-17-33-50,51-34-18-7-19-35-51)52-36-20-8-21-37-52/h4-44,46,59,61,64H,45,47H2,1-3H3,(H,74,80)(H,73,75,83)/b77-58-/t59-,64+/m1/s1. The quantitative estimate of drug-likeness (QED) is 0.0132. The van der Waals surface area contributed by atoms with Crippen LogP contribution in [-0.2, 0) is 39.8 Å². The molecule has 450 valence electrons. The minimum absolute atomic E-state index is 0.0463. The second-order valence-electron chi connectivity index (χ2n) is 21.9. The predicted octanol–water partition coefficient (Wildman–Crippen LogP) is 14.1. The highest BCUT2D eigenvalue weighted by molar-refractivity contribution is 8.18. The Morgan fingerprint density at radius 1 is 0.644 bits per heavy atom. The molecular formula is C71H60N8O7S4. The maximum absolute atomic E-state index is 15.3. The number of oxime groups is 1. The van der Waals surface area contributed by atoms with Gasteiger partial charge in [0.05, 0.1) is 5.08 Å². The van der Waals surface area contributed by atoms with Crippen molar-refractivity contribution in [2.75, 3.05) is 16.2 Å². The number of fused-ring (bicyclic) bond motifs is 1. The van der Waals surface area contributed by atoms with Crippen LogP contribution in [0, 0.1) is 0 Å². The molecule has 10 aromatic rings. The first kappa shape index (κ1) is 60.7. The maximum atomic E-state index is 15.3. The van der Waals surface area contributed by atoms with Gasteiger partial charge in [-0.05, 0) is 48.6 Å². The second-order valence-corrected chi connectivity index (χ2v) is 26.2. The normalized spacial score (nSPS) is 15.1. The minimum Gasteiger partial charge on any atom is -0.448 e. The van der Waals surface area contributed by atoms with E-state index in [0.717, 1.165) is 39.2 Å². The van der Waals surface area contributed by atoms with Crippen molar-refractivity contribution in [2.45, 2.75) is 60.2 Å². The summed E-state index contributed by atoms with van der Waals surface area (Å²) in [5.41, 5.74) is 3.32. The van der Waals surface area contributed by atoms with Gasteiger partial charge in [0, 0.05) is 32.7 Å². The van der Waals surface area contributed by atoms with Gasteiger partial charge in [-0.1, -0.05) is 260 Å². The van der Waals surface area contributed by atoms with Crippen LogP contribution in [0.25, 0.3) is 0 Å². The molecule has 4 heterocycles. The fourth-order valence-corrected chi connectivity index (χ4v) is 15.3. The number of carbonyl (C=O) groups is 4. The Bertz CT molecular complexity index is 3950. The zero-order valence-electron chi connectivity index (χ0n) is 49.1. The van der Waals surface area contributed by atoms with Gasteiger partial charge < -0.3 is 19.6 Å². The largest absolute Gasteiger partial charge is 0.448 e. The highest BCUT2D eigenvalue weighted by Gasteiger charge is 2.55. The minimum atomic E-state index is -1.41. The van der Waals surface area contributed by atoms with Gasteiger partial charge in [0.15, 0.2) is 16.9 Å². The van der Waals surface area contributed by atoms with E-state index < -0.39 is 58.1 Å². The summed E-state index contributed by atoms with van der Waals surface area (Å²) in [5.74, 6) is -1.78. The first-order valence-electron chi connectivity index (χ1n) is 28.9. The molecule has 1 fully saturated rings. The van der Waals surface area contributed by atoms with E-state index in [0.29, 0.717) is 31.8 Å². The number of nitrogens with zero attached hydrogens (tertiary/aromatic N) is 6. The highest BCUT2D eigenvalue weighted by atomic mass is 32.2. The number of ether oxygens (including phenoxy) is 2. The van der Waals surface area contributed by atoms with Crippen molar-refractivity contribution in [3.8, 4) is 0 Å². The molecule has 1 saturated heterocycles. The second kappa shape index (κ2) is 27.1. The lowest BCUT2D eigenvalue weighted by molar-refractivity contribution is -0.154. The molecule has 2 aromatic heterocycles. The molecule has 2 aliphatic rings. The van der Waals surface area contributed by atoms with Crippen LogP contribution < -0.4 is 10.6 Å². The first-order valence-corrected chi connectivity index (χ1v) is 32.8. The van der Waals surface area contributed by atoms with Crippen LogP contribution in [0.2, 0.25) is 0 Å². The predicted molar refractivity (Wildman–Crippen MR) is 355 cm³/mol. The lowest BCUT2D eigenvalue weighted by atomic mass is 9.77. The van der Waals surface area contributed by atoms with Crippen molar-refractivity contribution in [3.05, 3.63) is 315 Å². The van der Waals surface area contributed by atoms with E-state index in [4.69, 9.17) is 29.5 Å². The van der Waals surface area contributed by atoms with Crippen LogP contribution in [0.3, 0.4) is 0 Å². The lowest BCUT2D eigenvalue weighted by Crippen LogP contribution is -2.71. The zero-order valence-corrected chi connectivity index (χ0v) is 52.3. The van der Waals surface area contributed by atoms with Crippen molar-refractivity contribution < 1.29 is 33.5 Å². The van der Waals surface area contributed by atoms with Crippen LogP contribution in [0.5, 0.6) is 0 Å². The van der Waals surface area contributed by atoms with Gasteiger partial charge >= 0.3 is 12.1 Å². The van der Waals surface area contributed by atoms with Crippen LogP contribution >= 0.6 is 46.6 Å². The molecule has 90 heavy (non-hydrogen) atoms. The summed E-state index contributed by atoms with van der Waals surface area (Å²) in [7, 11) is 0. The molecule has 19 heteroatoms. The number of benzene rings is 8. The van der Waals surface area contributed by atoms with Crippen molar-refractivity contribution in [2.24, 2.45) is 5.16 Å². The Balaban J connectivity index is 0.875. The Labute approximate surface area is 538 Å². The molecular weight excluding hydrogens is 1210 g/mol. The summed E-state index contributed by atoms with van der Waals surface area (Å²) in [5, 5.41) is 17.3. The van der Waals surface area contributed by atoms with Crippen molar-refractivity contribution >= 4 is 81.3 Å². The number of hydrogen-bond donors (Lipinski definition) is 2. The van der Waals surface area contributed by atoms with Gasteiger partial charge in [0.25, 0.3) is 11.8 Å². The number of hydrogen-bond acceptors (Lipinski definition) is 15. The smallest absolute Gasteiger partial charge is 0.413 e. The van der Waals surface area contributed by atoms with Crippen molar-refractivity contribution in [3.63, 3.8) is 0 Å². The third kappa shape index (κ3) is 12.7. The summed E-state index contributed by atoms with van der Waals surface area (Å²) < 4.78 is 14.0. The maximum Gasteiger partial charge on any atom is 0.413 e. The van der Waals surface area contributed by atoms with Crippen LogP contribution in [0.15, 0.2) is 275 Å². The SMILES string of the molecule is CC(C)(C)OC(=O)Nc1nc(/C(=N/OC(c2ccccc2)(c2ccccc2)c2ccccc2)C(=O)N[C@@H]2C(=O)N3C(C(=O)OC(c4ccccc4)c4ccccc4)=C(SCSc4ncn(C(c5ccccc5)(c5ccccc5)c5ccccc5)n4)CS[C@@H]23)cs1. The molecule has 0 radical (unpaired) electrons. The van der Waals surface area contributed by atoms with E-state index >= 15 is 14.4 Å². The summed E-state index contributed by atoms with van der Waals surface area (Å²) in [4.78, 5) is 77.1. The van der Waals surface area contributed by atoms with Crippen LogP contribution in [0.1, 0.15) is 77.1 Å². The molecule has 12 rings (SSSR count). The number of β-lactam (4-membered cyclic amide) rings is 1. The van der Waals surface area contributed by atoms with Gasteiger partial charge in [-0.15, -0.1) is 40.0 Å². The third-order valence-electron chi connectivity index (χ3n) is 15.0. The van der Waals surface area contributed by atoms with Gasteiger partial charge in [-0.3, -0.25) is 19.8 Å². The topological polar surface area (TPSA) is 179 Å². The number of aromatic nitrogens is 4. The Kier molecular flexibility index (Phi) is 18.3. The Hall–Kier alpha value is -9.53. The molecule has 15 nitrogen and oxygen atoms in total. The number of nitrogens with one attached hydrogen (secondary N) is 2. The Morgan fingerprint density at radius 3 is 1.59 bits per heavy atom. The number of esters is 1. The summed E-state index contributed by atoms with van der Waals surface area (Å²) in [6, 6.07) is 77.0. The zero-order chi connectivity index (χ0) is 62.1. The number of anilines is 1. The fourth-order valence-electron chi connectivity index (χ4n) is 11.0. The van der Waals surface area contributed by atoms with E-state index in [1.54, 1.807) is 32.5 Å². The van der Waals surface area contributed by atoms with Gasteiger partial charge in [-0.2, -0.15) is 0 Å². The van der Waals surface area contributed by atoms with Crippen LogP contribution in [0.4, 0.5) is 9.93 Å². The molecule has 2 aliphatic heterocycles. The van der Waals surface area contributed by atoms with E-state index in [2.05, 4.69) is 52.0 Å². The number of thiazole rings is 1. The Morgan fingerprint density at radius 2 is 1.11 bits per heavy atom. The van der Waals surface area contributed by atoms with Crippen LogP contribution in [-0.4, -0.2) is 82.1 Å². The monoisotopic (exact) mass is 1260 g/mol. The molecule has 0 bridgehead atoms. The lowest BCUT2D eigenvalue weighted by Gasteiger charge is -2.49. The van der Waals surface area contributed by atoms with E-state index in [1.807, 2.05) is 211 Å². The summed E-state index contributed by atoms with van der Waals surface area (Å²) in [6.45, 7) is 5.24. The van der Waals surface area contributed by atoms with Gasteiger partial charge in [0.1, 0.15) is 40.3 Å². The van der Waals surface area contributed by atoms with E-state index in [1.165, 1.54) is 40.2 Å². The van der Waals surface area contributed by atoms with Gasteiger partial charge in [0.2, 0.25) is 10.8 Å². The molecule has 0 aliphatic carbocycles. The number of rotatable bonds is 21. The molecule has 0 saturated carbocycles. The highest BCUT2D eigenvalue weighted by Crippen LogP contribution is 2.47. The molecule has 0 unspecified atom stereocenters. The number of thioether (sulfide) groups is 3. The number of carbonyl (C=O) groups excluding carboxylic acids is 4. The summed E-state index contributed by atoms with van der Waals surface area (Å²) >= 11 is 5.24.